The molecule has 0 aliphatic carbocycles. The Balaban J connectivity index is 2.49. The van der Waals surface area contributed by atoms with Crippen LogP contribution in [-0.2, 0) is 0 Å². The molecule has 1 N–H and O–H groups in total. The van der Waals surface area contributed by atoms with Crippen LogP contribution in [0.4, 0.5) is 4.39 Å². The van der Waals surface area contributed by atoms with Crippen LogP contribution in [0.2, 0.25) is 0 Å². The lowest BCUT2D eigenvalue weighted by atomic mass is 10.2. The third-order valence-corrected chi connectivity index (χ3v) is 4.14. The van der Waals surface area contributed by atoms with Crippen LogP contribution in [0.1, 0.15) is 23.7 Å². The van der Waals surface area contributed by atoms with E-state index in [0.29, 0.717) is 0 Å². The Morgan fingerprint density at radius 1 is 1.41 bits per heavy atom. The molecule has 0 saturated carbocycles. The van der Waals surface area contributed by atoms with E-state index in [4.69, 9.17) is 5.11 Å². The van der Waals surface area contributed by atoms with Gasteiger partial charge in [0.25, 0.3) is 0 Å². The van der Waals surface area contributed by atoms with E-state index in [1.165, 1.54) is 12.1 Å². The van der Waals surface area contributed by atoms with Crippen LogP contribution >= 0.6 is 23.5 Å². The average Bonchev–Trinajstić information content (AvgIpc) is 2.30. The van der Waals surface area contributed by atoms with Crippen LogP contribution in [-0.4, -0.2) is 28.3 Å². The lowest BCUT2D eigenvalue weighted by molar-refractivity contribution is 0.0691. The second kappa shape index (κ2) is 7.61. The number of thioether (sulfide) groups is 2. The highest BCUT2D eigenvalue weighted by atomic mass is 32.2. The van der Waals surface area contributed by atoms with E-state index in [0.717, 1.165) is 28.6 Å². The van der Waals surface area contributed by atoms with Gasteiger partial charge in [-0.15, -0.1) is 11.8 Å². The fourth-order valence-corrected chi connectivity index (χ4v) is 2.96. The zero-order chi connectivity index (χ0) is 12.7. The normalized spacial score (nSPS) is 10.5. The number of carboxylic acids is 1. The highest BCUT2D eigenvalue weighted by Gasteiger charge is 2.10. The van der Waals surface area contributed by atoms with Crippen molar-refractivity contribution in [1.82, 2.24) is 0 Å². The first-order valence-electron chi connectivity index (χ1n) is 5.38. The van der Waals surface area contributed by atoms with Gasteiger partial charge in [0.15, 0.2) is 0 Å². The summed E-state index contributed by atoms with van der Waals surface area (Å²) in [5.41, 5.74) is -0.252. The number of hydrogen-bond donors (Lipinski definition) is 1. The van der Waals surface area contributed by atoms with Crippen LogP contribution in [0.3, 0.4) is 0 Å². The van der Waals surface area contributed by atoms with E-state index in [1.54, 1.807) is 17.8 Å². The molecule has 0 heterocycles. The molecule has 0 unspecified atom stereocenters. The van der Waals surface area contributed by atoms with Gasteiger partial charge in [0.2, 0.25) is 0 Å². The molecule has 17 heavy (non-hydrogen) atoms. The summed E-state index contributed by atoms with van der Waals surface area (Å²) in [4.78, 5) is 11.5. The van der Waals surface area contributed by atoms with Gasteiger partial charge in [-0.1, -0.05) is 6.92 Å². The molecular weight excluding hydrogens is 259 g/mol. The third kappa shape index (κ3) is 5.00. The average molecular weight is 274 g/mol. The van der Waals surface area contributed by atoms with Gasteiger partial charge < -0.3 is 5.11 Å². The molecule has 0 saturated heterocycles. The SMILES string of the molecule is CCSCCCSc1ccc(F)c(C(=O)O)c1. The Hall–Kier alpha value is -0.680. The van der Waals surface area contributed by atoms with Gasteiger partial charge in [0.05, 0.1) is 5.56 Å². The van der Waals surface area contributed by atoms with Crippen LogP contribution < -0.4 is 0 Å². The highest BCUT2D eigenvalue weighted by molar-refractivity contribution is 8.00. The summed E-state index contributed by atoms with van der Waals surface area (Å²) in [6.07, 6.45) is 1.07. The molecule has 0 atom stereocenters. The fourth-order valence-electron chi connectivity index (χ4n) is 1.25. The first kappa shape index (κ1) is 14.4. The number of carbonyl (C=O) groups is 1. The Kier molecular flexibility index (Phi) is 6.44. The Bertz CT molecular complexity index is 383. The van der Waals surface area contributed by atoms with Crippen LogP contribution in [0.5, 0.6) is 0 Å². The molecule has 0 amide bonds. The molecule has 1 aromatic carbocycles. The molecule has 1 aromatic rings. The van der Waals surface area contributed by atoms with Crippen LogP contribution in [0.15, 0.2) is 23.1 Å². The van der Waals surface area contributed by atoms with Gasteiger partial charge >= 0.3 is 5.97 Å². The van der Waals surface area contributed by atoms with Gasteiger partial charge in [-0.2, -0.15) is 11.8 Å². The fraction of sp³-hybridized carbons (Fsp3) is 0.417. The maximum Gasteiger partial charge on any atom is 0.338 e. The number of halogens is 1. The molecule has 94 valence electrons. The van der Waals surface area contributed by atoms with E-state index in [1.807, 2.05) is 11.8 Å². The van der Waals surface area contributed by atoms with Gasteiger partial charge in [-0.3, -0.25) is 0 Å². The number of aromatic carboxylic acids is 1. The quantitative estimate of drug-likeness (QED) is 0.607. The molecule has 0 radical (unpaired) electrons. The molecule has 0 aliphatic rings. The predicted molar refractivity (Wildman–Crippen MR) is 71.7 cm³/mol. The second-order valence-corrected chi connectivity index (χ2v) is 5.91. The minimum absolute atomic E-state index is 0.252. The zero-order valence-electron chi connectivity index (χ0n) is 9.61. The second-order valence-electron chi connectivity index (χ2n) is 3.35. The molecule has 0 aromatic heterocycles. The number of rotatable bonds is 7. The van der Waals surface area contributed by atoms with Crippen molar-refractivity contribution < 1.29 is 14.3 Å². The van der Waals surface area contributed by atoms with Gasteiger partial charge in [0.1, 0.15) is 5.82 Å². The molecule has 5 heteroatoms. The van der Waals surface area contributed by atoms with E-state index < -0.39 is 11.8 Å². The molecule has 2 nitrogen and oxygen atoms in total. The van der Waals surface area contributed by atoms with Crippen molar-refractivity contribution >= 4 is 29.5 Å². The van der Waals surface area contributed by atoms with Gasteiger partial charge in [-0.25, -0.2) is 9.18 Å². The standard InChI is InChI=1S/C12H15FO2S2/c1-2-16-6-3-7-17-9-4-5-11(13)10(8-9)12(14)15/h4-5,8H,2-3,6-7H2,1H3,(H,14,15). The number of carboxylic acid groups (broad SMARTS) is 1. The van der Waals surface area contributed by atoms with E-state index in [-0.39, 0.29) is 5.56 Å². The molecule has 1 rings (SSSR count). The van der Waals surface area contributed by atoms with Crippen molar-refractivity contribution in [3.63, 3.8) is 0 Å². The van der Waals surface area contributed by atoms with Crippen molar-refractivity contribution in [3.05, 3.63) is 29.6 Å². The largest absolute Gasteiger partial charge is 0.478 e. The van der Waals surface area contributed by atoms with Crippen molar-refractivity contribution in [1.29, 1.82) is 0 Å². The maximum atomic E-state index is 13.1. The van der Waals surface area contributed by atoms with Crippen molar-refractivity contribution in [2.24, 2.45) is 0 Å². The topological polar surface area (TPSA) is 37.3 Å². The molecular formula is C12H15FO2S2. The Morgan fingerprint density at radius 2 is 2.18 bits per heavy atom. The van der Waals surface area contributed by atoms with E-state index >= 15 is 0 Å². The first-order valence-corrected chi connectivity index (χ1v) is 7.52. The van der Waals surface area contributed by atoms with Gasteiger partial charge in [0, 0.05) is 4.90 Å². The minimum Gasteiger partial charge on any atom is -0.478 e. The summed E-state index contributed by atoms with van der Waals surface area (Å²) in [7, 11) is 0. The molecule has 0 bridgehead atoms. The van der Waals surface area contributed by atoms with E-state index in [2.05, 4.69) is 6.92 Å². The smallest absolute Gasteiger partial charge is 0.338 e. The van der Waals surface area contributed by atoms with Crippen molar-refractivity contribution in [2.45, 2.75) is 18.2 Å². The summed E-state index contributed by atoms with van der Waals surface area (Å²) in [6, 6.07) is 4.24. The maximum absolute atomic E-state index is 13.1. The summed E-state index contributed by atoms with van der Waals surface area (Å²) in [5, 5.41) is 8.78. The lowest BCUT2D eigenvalue weighted by Gasteiger charge is -2.03. The monoisotopic (exact) mass is 274 g/mol. The summed E-state index contributed by atoms with van der Waals surface area (Å²) < 4.78 is 13.1. The van der Waals surface area contributed by atoms with Crippen LogP contribution in [0, 0.1) is 5.82 Å². The summed E-state index contributed by atoms with van der Waals surface area (Å²) >= 11 is 3.45. The zero-order valence-corrected chi connectivity index (χ0v) is 11.2. The van der Waals surface area contributed by atoms with Crippen LogP contribution in [0.25, 0.3) is 0 Å². The molecule has 0 fully saturated rings. The molecule has 0 aliphatic heterocycles. The first-order chi connectivity index (χ1) is 8.15. The Morgan fingerprint density at radius 3 is 2.82 bits per heavy atom. The van der Waals surface area contributed by atoms with E-state index in [9.17, 15) is 9.18 Å². The Labute approximate surface area is 109 Å². The predicted octanol–water partition coefficient (Wildman–Crippen LogP) is 3.76. The van der Waals surface area contributed by atoms with Crippen molar-refractivity contribution in [2.75, 3.05) is 17.3 Å². The van der Waals surface area contributed by atoms with Crippen molar-refractivity contribution in [3.8, 4) is 0 Å². The number of benzene rings is 1. The third-order valence-electron chi connectivity index (χ3n) is 2.07. The molecule has 0 spiro atoms. The minimum atomic E-state index is -1.22. The lowest BCUT2D eigenvalue weighted by Crippen LogP contribution is -2.00. The number of hydrogen-bond acceptors (Lipinski definition) is 3. The highest BCUT2D eigenvalue weighted by Crippen LogP contribution is 2.22. The summed E-state index contributed by atoms with van der Waals surface area (Å²) in [5.74, 6) is 1.26. The summed E-state index contributed by atoms with van der Waals surface area (Å²) in [6.45, 7) is 2.12. The van der Waals surface area contributed by atoms with Gasteiger partial charge in [-0.05, 0) is 41.9 Å².